The van der Waals surface area contributed by atoms with Crippen molar-refractivity contribution in [3.63, 3.8) is 0 Å². The maximum Gasteiger partial charge on any atom is 0.422 e. The number of hydrogen-bond acceptors (Lipinski definition) is 8. The van der Waals surface area contributed by atoms with Gasteiger partial charge < -0.3 is 26.2 Å². The van der Waals surface area contributed by atoms with Gasteiger partial charge in [0.25, 0.3) is 5.91 Å². The fourth-order valence-corrected chi connectivity index (χ4v) is 4.40. The second-order valence-electron chi connectivity index (χ2n) is 11.8. The molecule has 12 nitrogen and oxygen atoms in total. The molecule has 4 amide bonds. The number of hydrogen-bond donors (Lipinski definition) is 5. The lowest BCUT2D eigenvalue weighted by Crippen LogP contribution is -2.58. The Hall–Kier alpha value is -4.55. The predicted octanol–water partition coefficient (Wildman–Crippen LogP) is 2.45. The summed E-state index contributed by atoms with van der Waals surface area (Å²) in [4.78, 5) is 55.4. The quantitative estimate of drug-likeness (QED) is 0.184. The van der Waals surface area contributed by atoms with Crippen LogP contribution < -0.4 is 21.8 Å². The largest absolute Gasteiger partial charge is 0.443 e. The van der Waals surface area contributed by atoms with Gasteiger partial charge in [0.15, 0.2) is 0 Å². The number of aromatic nitrogens is 1. The van der Waals surface area contributed by atoms with Gasteiger partial charge in [0.1, 0.15) is 17.3 Å². The molecule has 0 aliphatic rings. The summed E-state index contributed by atoms with van der Waals surface area (Å²) in [5, 5.41) is 19.1. The number of carbonyl (C=O) groups excluding carboxylic acids is 4. The normalized spacial score (nSPS) is 13.6. The van der Waals surface area contributed by atoms with Crippen molar-refractivity contribution in [2.45, 2.75) is 77.3 Å². The number of aliphatic hydroxyl groups is 1. The van der Waals surface area contributed by atoms with Crippen LogP contribution in [0.25, 0.3) is 10.9 Å². The van der Waals surface area contributed by atoms with Crippen LogP contribution in [-0.4, -0.2) is 75.3 Å². The van der Waals surface area contributed by atoms with E-state index in [9.17, 15) is 24.3 Å². The molecule has 0 aliphatic heterocycles. The Balaban J connectivity index is 1.80. The van der Waals surface area contributed by atoms with Crippen LogP contribution in [0.2, 0.25) is 0 Å². The summed E-state index contributed by atoms with van der Waals surface area (Å²) in [5.74, 6) is -2.18. The van der Waals surface area contributed by atoms with Crippen LogP contribution in [0.5, 0.6) is 0 Å². The lowest BCUT2D eigenvalue weighted by atomic mass is 9.99. The molecule has 1 aromatic heterocycles. The van der Waals surface area contributed by atoms with Crippen molar-refractivity contribution in [3.05, 3.63) is 78.0 Å². The van der Waals surface area contributed by atoms with Gasteiger partial charge in [0.2, 0.25) is 11.8 Å². The van der Waals surface area contributed by atoms with Crippen molar-refractivity contribution < 1.29 is 29.0 Å². The van der Waals surface area contributed by atoms with E-state index in [1.54, 1.807) is 39.0 Å². The number of aliphatic hydroxyl groups excluding tert-OH is 1. The Morgan fingerprint density at radius 1 is 0.955 bits per heavy atom. The summed E-state index contributed by atoms with van der Waals surface area (Å²) < 4.78 is 5.35. The first-order valence-electron chi connectivity index (χ1n) is 14.5. The van der Waals surface area contributed by atoms with E-state index >= 15 is 0 Å². The van der Waals surface area contributed by atoms with Crippen LogP contribution in [0.4, 0.5) is 4.79 Å². The standard InChI is InChI=1S/C32H42N6O6/c1-20(2)38(37-31(43)44-32(3,4)5)19-27(39)25(17-21-11-7-6-8-12-21)35-30(42)26(18-28(33)40)36-29(41)24-16-15-22-13-9-10-14-23(22)34-24/h6-16,20,25-27,39H,17-19H2,1-5H3,(H2,33,40)(H,35,42)(H,36,41)(H,37,43)/t25-,26-,27?/m0/s1. The number of carbonyl (C=O) groups is 4. The average Bonchev–Trinajstić information content (AvgIpc) is 2.95. The molecular formula is C32H42N6O6. The van der Waals surface area contributed by atoms with Crippen LogP contribution in [0, 0.1) is 0 Å². The Labute approximate surface area is 257 Å². The molecule has 0 aliphatic carbocycles. The third-order valence-corrected chi connectivity index (χ3v) is 6.59. The molecule has 44 heavy (non-hydrogen) atoms. The molecular weight excluding hydrogens is 564 g/mol. The van der Waals surface area contributed by atoms with Gasteiger partial charge in [0, 0.05) is 18.0 Å². The third-order valence-electron chi connectivity index (χ3n) is 6.59. The summed E-state index contributed by atoms with van der Waals surface area (Å²) in [6.07, 6.45) is -2.13. The summed E-state index contributed by atoms with van der Waals surface area (Å²) in [6, 6.07) is 17.3. The van der Waals surface area contributed by atoms with Gasteiger partial charge in [-0.05, 0) is 58.7 Å². The number of rotatable bonds is 13. The van der Waals surface area contributed by atoms with Crippen LogP contribution in [0.1, 0.15) is 57.1 Å². The lowest BCUT2D eigenvalue weighted by molar-refractivity contribution is -0.128. The third kappa shape index (κ3) is 10.6. The first-order valence-corrected chi connectivity index (χ1v) is 14.5. The zero-order valence-corrected chi connectivity index (χ0v) is 25.7. The van der Waals surface area contributed by atoms with E-state index in [-0.39, 0.29) is 24.7 Å². The highest BCUT2D eigenvalue weighted by molar-refractivity contribution is 5.99. The molecule has 3 rings (SSSR count). The van der Waals surface area contributed by atoms with Gasteiger partial charge in [-0.15, -0.1) is 0 Å². The number of pyridine rings is 1. The van der Waals surface area contributed by atoms with E-state index in [2.05, 4.69) is 21.0 Å². The van der Waals surface area contributed by atoms with Gasteiger partial charge >= 0.3 is 6.09 Å². The van der Waals surface area contributed by atoms with Gasteiger partial charge in [0.05, 0.1) is 24.1 Å². The zero-order valence-electron chi connectivity index (χ0n) is 25.7. The SMILES string of the molecule is CC(C)N(CC(O)[C@H](Cc1ccccc1)NC(=O)[C@H](CC(N)=O)NC(=O)c1ccc2ccccc2n1)NC(=O)OC(C)(C)C. The fourth-order valence-electron chi connectivity index (χ4n) is 4.40. The second kappa shape index (κ2) is 15.3. The highest BCUT2D eigenvalue weighted by Crippen LogP contribution is 2.14. The molecule has 6 N–H and O–H groups in total. The predicted molar refractivity (Wildman–Crippen MR) is 166 cm³/mol. The number of benzene rings is 2. The Kier molecular flexibility index (Phi) is 11.8. The highest BCUT2D eigenvalue weighted by atomic mass is 16.6. The Bertz CT molecular complexity index is 1440. The van der Waals surface area contributed by atoms with E-state index in [4.69, 9.17) is 10.5 Å². The number of nitrogens with zero attached hydrogens (tertiary/aromatic N) is 2. The molecule has 1 unspecified atom stereocenters. The summed E-state index contributed by atoms with van der Waals surface area (Å²) in [6.45, 7) is 8.81. The molecule has 12 heteroatoms. The number of amides is 4. The molecule has 0 spiro atoms. The van der Waals surface area contributed by atoms with Crippen molar-refractivity contribution >= 4 is 34.7 Å². The smallest absolute Gasteiger partial charge is 0.422 e. The summed E-state index contributed by atoms with van der Waals surface area (Å²) in [5.41, 5.74) is 8.84. The number of para-hydroxylation sites is 1. The molecule has 0 saturated heterocycles. The van der Waals surface area contributed by atoms with Crippen LogP contribution in [0.15, 0.2) is 66.7 Å². The number of nitrogens with two attached hydrogens (primary N) is 1. The first-order chi connectivity index (χ1) is 20.7. The Morgan fingerprint density at radius 2 is 1.61 bits per heavy atom. The zero-order chi connectivity index (χ0) is 32.4. The van der Waals surface area contributed by atoms with Gasteiger partial charge in [-0.25, -0.2) is 14.8 Å². The van der Waals surface area contributed by atoms with Gasteiger partial charge in [-0.3, -0.25) is 19.8 Å². The number of primary amides is 1. The lowest BCUT2D eigenvalue weighted by Gasteiger charge is -2.33. The minimum atomic E-state index is -1.33. The maximum absolute atomic E-state index is 13.5. The highest BCUT2D eigenvalue weighted by Gasteiger charge is 2.31. The molecule has 2 aromatic carbocycles. The molecule has 236 valence electrons. The average molecular weight is 607 g/mol. The fraction of sp³-hybridized carbons (Fsp3) is 0.406. The van der Waals surface area contributed by atoms with Crippen LogP contribution in [0.3, 0.4) is 0 Å². The minimum Gasteiger partial charge on any atom is -0.443 e. The number of nitrogens with one attached hydrogen (secondary N) is 3. The first kappa shape index (κ1) is 33.9. The molecule has 3 aromatic rings. The van der Waals surface area contributed by atoms with E-state index in [1.165, 1.54) is 11.1 Å². The topological polar surface area (TPSA) is 176 Å². The van der Waals surface area contributed by atoms with Crippen molar-refractivity contribution in [3.8, 4) is 0 Å². The number of fused-ring (bicyclic) bond motifs is 1. The summed E-state index contributed by atoms with van der Waals surface area (Å²) in [7, 11) is 0. The van der Waals surface area contributed by atoms with E-state index in [0.717, 1.165) is 10.9 Å². The Morgan fingerprint density at radius 3 is 2.25 bits per heavy atom. The van der Waals surface area contributed by atoms with Crippen molar-refractivity contribution in [2.24, 2.45) is 5.73 Å². The van der Waals surface area contributed by atoms with E-state index in [0.29, 0.717) is 5.52 Å². The molecule has 0 fully saturated rings. The van der Waals surface area contributed by atoms with Crippen molar-refractivity contribution in [1.82, 2.24) is 26.1 Å². The molecule has 3 atom stereocenters. The number of hydrazine groups is 1. The molecule has 0 bridgehead atoms. The molecule has 1 heterocycles. The van der Waals surface area contributed by atoms with Gasteiger partial charge in [-0.1, -0.05) is 54.6 Å². The monoisotopic (exact) mass is 606 g/mol. The van der Waals surface area contributed by atoms with Crippen LogP contribution in [-0.2, 0) is 20.7 Å². The molecule has 0 radical (unpaired) electrons. The van der Waals surface area contributed by atoms with Crippen molar-refractivity contribution in [1.29, 1.82) is 0 Å². The van der Waals surface area contributed by atoms with Crippen molar-refractivity contribution in [2.75, 3.05) is 6.54 Å². The van der Waals surface area contributed by atoms with E-state index < -0.39 is 54.0 Å². The summed E-state index contributed by atoms with van der Waals surface area (Å²) >= 11 is 0. The minimum absolute atomic E-state index is 0.0626. The van der Waals surface area contributed by atoms with Crippen LogP contribution >= 0.6 is 0 Å². The molecule has 0 saturated carbocycles. The number of ether oxygens (including phenoxy) is 1. The maximum atomic E-state index is 13.5. The van der Waals surface area contributed by atoms with E-state index in [1.807, 2.05) is 56.3 Å². The second-order valence-corrected chi connectivity index (χ2v) is 11.8. The van der Waals surface area contributed by atoms with Gasteiger partial charge in [-0.2, -0.15) is 0 Å².